The Morgan fingerprint density at radius 2 is 1.03 bits per heavy atom. The van der Waals surface area contributed by atoms with Crippen LogP contribution in [0.1, 0.15) is 0 Å². The van der Waals surface area contributed by atoms with Crippen LogP contribution in [0, 0.1) is 0 Å². The number of rotatable bonds is 5. The lowest BCUT2D eigenvalue weighted by molar-refractivity contribution is 1.29. The minimum atomic E-state index is -2.83. The molecule has 4 nitrogen and oxygen atoms in total. The Kier molecular flexibility index (Phi) is 5.17. The topological polar surface area (TPSA) is 51.6 Å². The summed E-state index contributed by atoms with van der Waals surface area (Å²) in [6, 6.07) is 32.8. The van der Waals surface area contributed by atoms with E-state index in [9.17, 15) is 0 Å². The summed E-state index contributed by atoms with van der Waals surface area (Å²) in [4.78, 5) is 19.2. The average Bonchev–Trinajstić information content (AvgIpc) is 2.87. The fourth-order valence-corrected chi connectivity index (χ4v) is 8.26. The van der Waals surface area contributed by atoms with Crippen molar-refractivity contribution in [3.05, 3.63) is 122 Å². The van der Waals surface area contributed by atoms with E-state index in [0.29, 0.717) is 0 Å². The van der Waals surface area contributed by atoms with Crippen molar-refractivity contribution in [3.8, 4) is 11.3 Å². The molecular formula is C26H20N4Si. The highest BCUT2D eigenvalue weighted by Gasteiger charge is 2.45. The van der Waals surface area contributed by atoms with E-state index in [1.165, 1.54) is 5.19 Å². The van der Waals surface area contributed by atoms with Gasteiger partial charge in [-0.25, -0.2) is 0 Å². The molecular weight excluding hydrogens is 396 g/mol. The van der Waals surface area contributed by atoms with Gasteiger partial charge in [0.2, 0.25) is 8.07 Å². The minimum absolute atomic E-state index is 0.921. The zero-order chi connectivity index (χ0) is 20.9. The maximum atomic E-state index is 4.92. The van der Waals surface area contributed by atoms with Crippen LogP contribution < -0.4 is 21.1 Å². The summed E-state index contributed by atoms with van der Waals surface area (Å²) in [5.74, 6) is 0. The predicted octanol–water partition coefficient (Wildman–Crippen LogP) is 2.31. The zero-order valence-corrected chi connectivity index (χ0v) is 17.8. The summed E-state index contributed by atoms with van der Waals surface area (Å²) >= 11 is 0. The molecule has 0 saturated carbocycles. The molecule has 0 unspecified atom stereocenters. The van der Waals surface area contributed by atoms with Crippen LogP contribution in [0.4, 0.5) is 0 Å². The number of nitrogens with zero attached hydrogens (tertiary/aromatic N) is 4. The van der Waals surface area contributed by atoms with Crippen molar-refractivity contribution >= 4 is 29.2 Å². The highest BCUT2D eigenvalue weighted by atomic mass is 28.3. The predicted molar refractivity (Wildman–Crippen MR) is 127 cm³/mol. The highest BCUT2D eigenvalue weighted by Crippen LogP contribution is 2.15. The molecule has 31 heavy (non-hydrogen) atoms. The maximum Gasteiger partial charge on any atom is 0.243 e. The van der Waals surface area contributed by atoms with Gasteiger partial charge in [-0.1, -0.05) is 48.5 Å². The lowest BCUT2D eigenvalue weighted by Gasteiger charge is -2.31. The van der Waals surface area contributed by atoms with Gasteiger partial charge in [-0.05, 0) is 53.7 Å². The molecule has 4 heterocycles. The number of benzene rings is 1. The summed E-state index contributed by atoms with van der Waals surface area (Å²) in [7, 11) is -2.83. The van der Waals surface area contributed by atoms with Crippen LogP contribution in [-0.2, 0) is 0 Å². The minimum Gasteiger partial charge on any atom is -0.265 e. The molecule has 5 heteroatoms. The lowest BCUT2D eigenvalue weighted by Crippen LogP contribution is -2.76. The van der Waals surface area contributed by atoms with Gasteiger partial charge in [-0.15, -0.1) is 0 Å². The standard InChI is InChI=1S/C26H20N4Si/c1-2-10-22(11-3-1)31(24-13-5-8-17-28-24,25-14-6-9-18-29-25)26-20-21(15-19-30-26)23-12-4-7-16-27-23/h1-20H. The molecule has 0 aliphatic heterocycles. The van der Waals surface area contributed by atoms with Gasteiger partial charge in [0.25, 0.3) is 0 Å². The number of hydrogen-bond acceptors (Lipinski definition) is 4. The van der Waals surface area contributed by atoms with Crippen molar-refractivity contribution < 1.29 is 0 Å². The molecule has 5 aromatic rings. The third-order valence-corrected chi connectivity index (χ3v) is 9.78. The van der Waals surface area contributed by atoms with Gasteiger partial charge in [0.05, 0.1) is 5.69 Å². The van der Waals surface area contributed by atoms with Crippen molar-refractivity contribution in [1.29, 1.82) is 0 Å². The molecule has 1 aromatic carbocycles. The molecule has 148 valence electrons. The summed E-state index contributed by atoms with van der Waals surface area (Å²) in [5, 5.41) is 4.19. The van der Waals surface area contributed by atoms with Crippen LogP contribution in [0.15, 0.2) is 122 Å². The average molecular weight is 417 g/mol. The van der Waals surface area contributed by atoms with Crippen LogP contribution in [0.2, 0.25) is 0 Å². The van der Waals surface area contributed by atoms with Gasteiger partial charge in [-0.2, -0.15) is 0 Å². The van der Waals surface area contributed by atoms with Crippen molar-refractivity contribution in [2.24, 2.45) is 0 Å². The largest absolute Gasteiger partial charge is 0.265 e. The Hall–Kier alpha value is -3.96. The molecule has 0 spiro atoms. The number of aromatic nitrogens is 4. The Labute approximate surface area is 182 Å². The van der Waals surface area contributed by atoms with E-state index < -0.39 is 8.07 Å². The third-order valence-electron chi connectivity index (χ3n) is 5.41. The van der Waals surface area contributed by atoms with E-state index in [1.807, 2.05) is 79.4 Å². The molecule has 0 fully saturated rings. The first-order valence-corrected chi connectivity index (χ1v) is 12.2. The molecule has 0 bridgehead atoms. The molecule has 0 radical (unpaired) electrons. The van der Waals surface area contributed by atoms with Crippen molar-refractivity contribution in [1.82, 2.24) is 19.9 Å². The smallest absolute Gasteiger partial charge is 0.243 e. The van der Waals surface area contributed by atoms with Gasteiger partial charge in [0, 0.05) is 46.3 Å². The van der Waals surface area contributed by atoms with Crippen LogP contribution in [-0.4, -0.2) is 28.0 Å². The second kappa shape index (κ2) is 8.42. The van der Waals surface area contributed by atoms with Crippen molar-refractivity contribution in [3.63, 3.8) is 0 Å². The molecule has 0 amide bonds. The zero-order valence-electron chi connectivity index (χ0n) is 16.8. The van der Waals surface area contributed by atoms with Gasteiger partial charge in [0.1, 0.15) is 0 Å². The molecule has 0 saturated heterocycles. The maximum absolute atomic E-state index is 4.92. The second-order valence-electron chi connectivity index (χ2n) is 7.19. The SMILES string of the molecule is c1ccc([Si](c2ccccn2)(c2ccccn2)c2cc(-c3ccccn3)ccn2)cc1. The van der Waals surface area contributed by atoms with E-state index in [4.69, 9.17) is 15.0 Å². The van der Waals surface area contributed by atoms with Crippen molar-refractivity contribution in [2.75, 3.05) is 0 Å². The highest BCUT2D eigenvalue weighted by molar-refractivity contribution is 7.18. The Morgan fingerprint density at radius 1 is 0.452 bits per heavy atom. The Morgan fingerprint density at radius 3 is 1.61 bits per heavy atom. The summed E-state index contributed by atoms with van der Waals surface area (Å²) in [6.07, 6.45) is 7.39. The number of pyridine rings is 4. The van der Waals surface area contributed by atoms with E-state index in [-0.39, 0.29) is 0 Å². The Balaban J connectivity index is 1.85. The fourth-order valence-electron chi connectivity index (χ4n) is 4.02. The van der Waals surface area contributed by atoms with Crippen LogP contribution in [0.5, 0.6) is 0 Å². The summed E-state index contributed by atoms with van der Waals surface area (Å²) < 4.78 is 0. The molecule has 0 aliphatic carbocycles. The lowest BCUT2D eigenvalue weighted by atomic mass is 10.2. The first-order valence-electron chi connectivity index (χ1n) is 10.2. The molecule has 5 rings (SSSR count). The summed E-state index contributed by atoms with van der Waals surface area (Å²) in [5.41, 5.74) is 1.95. The van der Waals surface area contributed by atoms with Gasteiger partial charge >= 0.3 is 0 Å². The molecule has 0 aliphatic rings. The quantitative estimate of drug-likeness (QED) is 0.413. The first-order chi connectivity index (χ1) is 15.4. The monoisotopic (exact) mass is 416 g/mol. The second-order valence-corrected chi connectivity index (χ2v) is 10.8. The van der Waals surface area contributed by atoms with Crippen LogP contribution >= 0.6 is 0 Å². The van der Waals surface area contributed by atoms with E-state index in [1.54, 1.807) is 0 Å². The Bertz CT molecular complexity index is 1170. The molecule has 0 N–H and O–H groups in total. The van der Waals surface area contributed by atoms with E-state index in [2.05, 4.69) is 47.4 Å². The van der Waals surface area contributed by atoms with Crippen molar-refractivity contribution in [2.45, 2.75) is 0 Å². The molecule has 0 atom stereocenters. The van der Waals surface area contributed by atoms with Gasteiger partial charge in [-0.3, -0.25) is 19.9 Å². The summed E-state index contributed by atoms with van der Waals surface area (Å²) in [6.45, 7) is 0. The van der Waals surface area contributed by atoms with E-state index in [0.717, 1.165) is 27.2 Å². The fraction of sp³-hybridized carbons (Fsp3) is 0. The molecule has 4 aromatic heterocycles. The van der Waals surface area contributed by atoms with Crippen LogP contribution in [0.25, 0.3) is 11.3 Å². The first kappa shape index (κ1) is 19.0. The number of hydrogen-bond donors (Lipinski definition) is 0. The van der Waals surface area contributed by atoms with Gasteiger partial charge in [0.15, 0.2) is 0 Å². The van der Waals surface area contributed by atoms with Crippen LogP contribution in [0.3, 0.4) is 0 Å². The normalized spacial score (nSPS) is 11.2. The van der Waals surface area contributed by atoms with E-state index >= 15 is 0 Å². The van der Waals surface area contributed by atoms with Gasteiger partial charge < -0.3 is 0 Å². The third kappa shape index (κ3) is 3.45.